The number of hydrogen-bond donors (Lipinski definition) is 2. The van der Waals surface area contributed by atoms with E-state index in [1.165, 1.54) is 18.3 Å². The van der Waals surface area contributed by atoms with Crippen molar-refractivity contribution in [2.24, 2.45) is 0 Å². The summed E-state index contributed by atoms with van der Waals surface area (Å²) >= 11 is 2.78. The molecular weight excluding hydrogens is 212 g/mol. The second kappa shape index (κ2) is 3.34. The Balaban J connectivity index is 2.99. The second-order valence-corrected chi connectivity index (χ2v) is 2.26. The van der Waals surface area contributed by atoms with Crippen LogP contribution in [0.2, 0.25) is 0 Å². The molecule has 0 spiro atoms. The van der Waals surface area contributed by atoms with Gasteiger partial charge in [-0.1, -0.05) is 0 Å². The summed E-state index contributed by atoms with van der Waals surface area (Å²) in [5.74, 6) is -0.291. The van der Waals surface area contributed by atoms with E-state index in [1.54, 1.807) is 0 Å². The fraction of sp³-hybridized carbons (Fsp3) is 0. The summed E-state index contributed by atoms with van der Waals surface area (Å²) in [7, 11) is 0. The van der Waals surface area contributed by atoms with Crippen LogP contribution in [0.25, 0.3) is 0 Å². The number of aromatic amines is 1. The molecule has 0 saturated carbocycles. The van der Waals surface area contributed by atoms with Crippen LogP contribution in [-0.2, 0) is 0 Å². The van der Waals surface area contributed by atoms with Crippen LogP contribution in [0.3, 0.4) is 0 Å². The van der Waals surface area contributed by atoms with E-state index < -0.39 is 0 Å². The first kappa shape index (κ1) is 8.00. The first-order chi connectivity index (χ1) is 5.24. The number of nitrogens with one attached hydrogen (secondary N) is 2. The van der Waals surface area contributed by atoms with Crippen LogP contribution in [0.5, 0.6) is 0 Å². The fourth-order valence-corrected chi connectivity index (χ4v) is 0.835. The SMILES string of the molecule is O=C(NBr)c1ccc(=O)[nH]c1. The first-order valence-corrected chi connectivity index (χ1v) is 3.63. The summed E-state index contributed by atoms with van der Waals surface area (Å²) in [6.07, 6.45) is 1.35. The number of carbonyl (C=O) groups excluding carboxylic acids is 1. The number of hydrogen-bond acceptors (Lipinski definition) is 2. The van der Waals surface area contributed by atoms with E-state index >= 15 is 0 Å². The van der Waals surface area contributed by atoms with Crippen LogP contribution in [0, 0.1) is 0 Å². The molecule has 0 atom stereocenters. The number of carbonyl (C=O) groups is 1. The van der Waals surface area contributed by atoms with Gasteiger partial charge in [0.05, 0.1) is 5.56 Å². The van der Waals surface area contributed by atoms with Gasteiger partial charge in [0.2, 0.25) is 5.56 Å². The molecule has 0 aromatic carbocycles. The van der Waals surface area contributed by atoms with Gasteiger partial charge in [0.1, 0.15) is 0 Å². The predicted molar refractivity (Wildman–Crippen MR) is 43.5 cm³/mol. The lowest BCUT2D eigenvalue weighted by molar-refractivity contribution is 0.0986. The average Bonchev–Trinajstić information content (AvgIpc) is 2.05. The van der Waals surface area contributed by atoms with Crippen LogP contribution < -0.4 is 9.90 Å². The molecule has 4 nitrogen and oxygen atoms in total. The quantitative estimate of drug-likeness (QED) is 0.669. The highest BCUT2D eigenvalue weighted by Crippen LogP contribution is 1.92. The second-order valence-electron chi connectivity index (χ2n) is 1.87. The number of H-pyrrole nitrogens is 1. The van der Waals surface area contributed by atoms with Crippen molar-refractivity contribution in [3.05, 3.63) is 34.2 Å². The van der Waals surface area contributed by atoms with Gasteiger partial charge in [-0.05, 0) is 6.07 Å². The maximum absolute atomic E-state index is 10.8. The van der Waals surface area contributed by atoms with Crippen molar-refractivity contribution >= 4 is 22.1 Å². The smallest absolute Gasteiger partial charge is 0.262 e. The number of aromatic nitrogens is 1. The summed E-state index contributed by atoms with van der Waals surface area (Å²) in [6.45, 7) is 0. The van der Waals surface area contributed by atoms with Crippen LogP contribution >= 0.6 is 16.1 Å². The largest absolute Gasteiger partial charge is 0.328 e. The van der Waals surface area contributed by atoms with E-state index in [-0.39, 0.29) is 11.5 Å². The van der Waals surface area contributed by atoms with Crippen LogP contribution in [0.4, 0.5) is 0 Å². The van der Waals surface area contributed by atoms with Crippen LogP contribution in [0.1, 0.15) is 10.4 Å². The molecule has 0 aliphatic rings. The average molecular weight is 217 g/mol. The summed E-state index contributed by atoms with van der Waals surface area (Å²) < 4.78 is 2.25. The topological polar surface area (TPSA) is 62.0 Å². The molecular formula is C6H5BrN2O2. The minimum absolute atomic E-state index is 0.226. The molecule has 0 aliphatic carbocycles. The molecule has 1 aromatic heterocycles. The van der Waals surface area contributed by atoms with Crippen LogP contribution in [-0.4, -0.2) is 10.9 Å². The van der Waals surface area contributed by atoms with Crippen molar-refractivity contribution in [1.82, 2.24) is 9.33 Å². The molecule has 1 amide bonds. The molecule has 1 heterocycles. The zero-order valence-corrected chi connectivity index (χ0v) is 7.01. The third-order valence-electron chi connectivity index (χ3n) is 1.13. The van der Waals surface area contributed by atoms with Gasteiger partial charge < -0.3 is 4.98 Å². The Morgan fingerprint density at radius 3 is 2.73 bits per heavy atom. The minimum atomic E-state index is -0.291. The van der Waals surface area contributed by atoms with E-state index in [1.807, 2.05) is 0 Å². The number of amides is 1. The molecule has 1 aromatic rings. The van der Waals surface area contributed by atoms with Crippen molar-refractivity contribution in [3.8, 4) is 0 Å². The highest BCUT2D eigenvalue weighted by Gasteiger charge is 2.00. The molecule has 0 unspecified atom stereocenters. The Kier molecular flexibility index (Phi) is 2.43. The van der Waals surface area contributed by atoms with Gasteiger partial charge in [0, 0.05) is 28.4 Å². The highest BCUT2D eigenvalue weighted by molar-refractivity contribution is 9.08. The molecule has 0 aliphatic heterocycles. The predicted octanol–water partition coefficient (Wildman–Crippen LogP) is 0.415. The molecule has 5 heteroatoms. The van der Waals surface area contributed by atoms with Gasteiger partial charge in [0.25, 0.3) is 5.91 Å². The molecule has 0 fully saturated rings. The Bertz CT molecular complexity index is 300. The summed E-state index contributed by atoms with van der Waals surface area (Å²) in [5, 5.41) is 0. The minimum Gasteiger partial charge on any atom is -0.328 e. The lowest BCUT2D eigenvalue weighted by Gasteiger charge is -1.94. The maximum atomic E-state index is 10.8. The third-order valence-corrected chi connectivity index (χ3v) is 1.49. The van der Waals surface area contributed by atoms with E-state index in [4.69, 9.17) is 0 Å². The Labute approximate surface area is 71.0 Å². The van der Waals surface area contributed by atoms with E-state index in [0.717, 1.165) is 0 Å². The van der Waals surface area contributed by atoms with Gasteiger partial charge >= 0.3 is 0 Å². The summed E-state index contributed by atoms with van der Waals surface area (Å²) in [6, 6.07) is 2.73. The fourth-order valence-electron chi connectivity index (χ4n) is 0.606. The maximum Gasteiger partial charge on any atom is 0.262 e. The Morgan fingerprint density at radius 2 is 2.27 bits per heavy atom. The molecule has 0 saturated heterocycles. The van der Waals surface area contributed by atoms with Crippen molar-refractivity contribution in [1.29, 1.82) is 0 Å². The van der Waals surface area contributed by atoms with Crippen LogP contribution in [0.15, 0.2) is 23.1 Å². The Morgan fingerprint density at radius 1 is 1.55 bits per heavy atom. The van der Waals surface area contributed by atoms with Crippen molar-refractivity contribution < 1.29 is 4.79 Å². The molecule has 58 valence electrons. The lowest BCUT2D eigenvalue weighted by Crippen LogP contribution is -2.14. The van der Waals surface area contributed by atoms with E-state index in [2.05, 4.69) is 25.5 Å². The van der Waals surface area contributed by atoms with Crippen molar-refractivity contribution in [2.45, 2.75) is 0 Å². The van der Waals surface area contributed by atoms with Crippen molar-refractivity contribution in [3.63, 3.8) is 0 Å². The Hall–Kier alpha value is -1.10. The monoisotopic (exact) mass is 216 g/mol. The van der Waals surface area contributed by atoms with E-state index in [0.29, 0.717) is 5.56 Å². The number of pyridine rings is 1. The molecule has 0 bridgehead atoms. The zero-order valence-electron chi connectivity index (χ0n) is 5.43. The number of rotatable bonds is 1. The van der Waals surface area contributed by atoms with Gasteiger partial charge in [-0.3, -0.25) is 13.9 Å². The standard InChI is InChI=1S/C6H5BrN2O2/c7-9-6(11)4-1-2-5(10)8-3-4/h1-3H,(H,8,10)(H,9,11). The summed E-state index contributed by atoms with van der Waals surface area (Å²) in [5.41, 5.74) is 0.178. The van der Waals surface area contributed by atoms with Gasteiger partial charge in [-0.25, -0.2) is 0 Å². The molecule has 2 N–H and O–H groups in total. The summed E-state index contributed by atoms with van der Waals surface area (Å²) in [4.78, 5) is 23.8. The normalized spacial score (nSPS) is 9.18. The molecule has 1 rings (SSSR count). The van der Waals surface area contributed by atoms with Gasteiger partial charge in [-0.15, -0.1) is 0 Å². The van der Waals surface area contributed by atoms with Crippen molar-refractivity contribution in [2.75, 3.05) is 0 Å². The van der Waals surface area contributed by atoms with Gasteiger partial charge in [0.15, 0.2) is 0 Å². The third kappa shape index (κ3) is 1.91. The lowest BCUT2D eigenvalue weighted by atomic mass is 10.3. The highest BCUT2D eigenvalue weighted by atomic mass is 79.9. The zero-order chi connectivity index (χ0) is 8.27. The van der Waals surface area contributed by atoms with E-state index in [9.17, 15) is 9.59 Å². The molecule has 0 radical (unpaired) electrons. The molecule has 11 heavy (non-hydrogen) atoms. The first-order valence-electron chi connectivity index (χ1n) is 2.84. The number of halogens is 1. The van der Waals surface area contributed by atoms with Gasteiger partial charge in [-0.2, -0.15) is 0 Å².